The third-order valence-electron chi connectivity index (χ3n) is 5.77. The number of rotatable bonds is 5. The standard InChI is InChI=1S/C21H31NO3/c1-12(2)7-6-8-14(4)17-16-11-13(3)9-10-15(24-5)18-19(17)21(25-16)22-20(18)23/h7,9,14-17,21H,6,8,10-11H2,1-5H3,(H,22,23)/b13-9+/t14-,15-,16?,17-,21-/m1/s1. The second-order valence-corrected chi connectivity index (χ2v) is 7.97. The average molecular weight is 345 g/mol. The molecule has 2 heterocycles. The number of fused-ring (bicyclic) bond motifs is 1. The Kier molecular flexibility index (Phi) is 5.49. The lowest BCUT2D eigenvalue weighted by Gasteiger charge is -2.26. The van der Waals surface area contributed by atoms with Crippen LogP contribution in [0.2, 0.25) is 0 Å². The van der Waals surface area contributed by atoms with Crippen LogP contribution in [0.15, 0.2) is 34.4 Å². The Morgan fingerprint density at radius 2 is 2.24 bits per heavy atom. The van der Waals surface area contributed by atoms with Crippen molar-refractivity contribution in [2.24, 2.45) is 11.8 Å². The van der Waals surface area contributed by atoms with Crippen molar-refractivity contribution in [2.45, 2.75) is 71.8 Å². The van der Waals surface area contributed by atoms with Crippen LogP contribution in [0.5, 0.6) is 0 Å². The summed E-state index contributed by atoms with van der Waals surface area (Å²) in [7, 11) is 1.69. The minimum absolute atomic E-state index is 0.0141. The molecule has 0 aromatic rings. The van der Waals surface area contributed by atoms with E-state index in [1.54, 1.807) is 7.11 Å². The third-order valence-corrected chi connectivity index (χ3v) is 5.77. The van der Waals surface area contributed by atoms with Gasteiger partial charge in [-0.2, -0.15) is 0 Å². The van der Waals surface area contributed by atoms with E-state index in [2.05, 4.69) is 45.2 Å². The molecule has 1 N–H and O–H groups in total. The van der Waals surface area contributed by atoms with Gasteiger partial charge in [-0.1, -0.05) is 30.2 Å². The molecule has 2 bridgehead atoms. The minimum atomic E-state index is -0.257. The zero-order valence-electron chi connectivity index (χ0n) is 16.1. The fourth-order valence-corrected chi connectivity index (χ4v) is 4.50. The Labute approximate surface area is 151 Å². The van der Waals surface area contributed by atoms with Crippen LogP contribution in [-0.2, 0) is 14.3 Å². The molecule has 4 heteroatoms. The maximum Gasteiger partial charge on any atom is 0.252 e. The number of amides is 1. The van der Waals surface area contributed by atoms with Crippen molar-refractivity contribution < 1.29 is 14.3 Å². The first-order chi connectivity index (χ1) is 11.9. The van der Waals surface area contributed by atoms with E-state index in [9.17, 15) is 4.79 Å². The molecule has 138 valence electrons. The fraction of sp³-hybridized carbons (Fsp3) is 0.667. The van der Waals surface area contributed by atoms with E-state index in [0.717, 1.165) is 36.8 Å². The second kappa shape index (κ2) is 7.46. The molecule has 0 aromatic carbocycles. The van der Waals surface area contributed by atoms with Crippen LogP contribution in [0, 0.1) is 11.8 Å². The van der Waals surface area contributed by atoms with Crippen molar-refractivity contribution in [1.82, 2.24) is 5.32 Å². The lowest BCUT2D eigenvalue weighted by Crippen LogP contribution is -2.32. The second-order valence-electron chi connectivity index (χ2n) is 7.97. The van der Waals surface area contributed by atoms with E-state index in [1.165, 1.54) is 11.1 Å². The Bertz CT molecular complexity index is 627. The minimum Gasteiger partial charge on any atom is -0.376 e. The summed E-state index contributed by atoms with van der Waals surface area (Å²) < 4.78 is 12.0. The number of hydrogen-bond acceptors (Lipinski definition) is 3. The molecule has 1 saturated heterocycles. The number of carbonyl (C=O) groups excluding carboxylic acids is 1. The van der Waals surface area contributed by atoms with Gasteiger partial charge in [-0.05, 0) is 57.9 Å². The molecule has 1 fully saturated rings. The molecule has 2 aliphatic heterocycles. The molecular formula is C21H31NO3. The van der Waals surface area contributed by atoms with Gasteiger partial charge in [-0.15, -0.1) is 0 Å². The van der Waals surface area contributed by atoms with E-state index < -0.39 is 0 Å². The molecular weight excluding hydrogens is 314 g/mol. The van der Waals surface area contributed by atoms with Crippen molar-refractivity contribution >= 4 is 5.91 Å². The Hall–Kier alpha value is -1.39. The molecule has 5 atom stereocenters. The Balaban J connectivity index is 1.95. The summed E-state index contributed by atoms with van der Waals surface area (Å²) in [5.41, 5.74) is 4.66. The zero-order valence-corrected chi connectivity index (χ0v) is 16.1. The molecule has 0 aromatic heterocycles. The molecule has 1 aliphatic carbocycles. The average Bonchev–Trinajstić information content (AvgIpc) is 3.03. The van der Waals surface area contributed by atoms with Gasteiger partial charge in [0, 0.05) is 18.6 Å². The zero-order chi connectivity index (χ0) is 18.1. The molecule has 0 radical (unpaired) electrons. The Morgan fingerprint density at radius 1 is 1.48 bits per heavy atom. The maximum atomic E-state index is 12.6. The molecule has 4 nitrogen and oxygen atoms in total. The third kappa shape index (κ3) is 3.61. The fourth-order valence-electron chi connectivity index (χ4n) is 4.50. The number of ether oxygens (including phenoxy) is 2. The van der Waals surface area contributed by atoms with Crippen LogP contribution in [0.3, 0.4) is 0 Å². The topological polar surface area (TPSA) is 47.6 Å². The molecule has 1 unspecified atom stereocenters. The highest BCUT2D eigenvalue weighted by atomic mass is 16.5. The SMILES string of the molecule is CO[C@@H]1C/C=C(\C)CC2O[C@H]3NC(=O)C1=C3[C@@H]2[C@H](C)CCC=C(C)C. The van der Waals surface area contributed by atoms with Gasteiger partial charge in [0.1, 0.15) is 0 Å². The van der Waals surface area contributed by atoms with Gasteiger partial charge in [0.25, 0.3) is 5.91 Å². The summed E-state index contributed by atoms with van der Waals surface area (Å²) in [6.45, 7) is 8.74. The van der Waals surface area contributed by atoms with Gasteiger partial charge in [0.2, 0.25) is 0 Å². The molecule has 3 aliphatic rings. The maximum absolute atomic E-state index is 12.6. The van der Waals surface area contributed by atoms with Gasteiger partial charge in [0.15, 0.2) is 6.23 Å². The van der Waals surface area contributed by atoms with E-state index in [1.807, 2.05) is 0 Å². The smallest absolute Gasteiger partial charge is 0.252 e. The van der Waals surface area contributed by atoms with Crippen molar-refractivity contribution in [2.75, 3.05) is 7.11 Å². The lowest BCUT2D eigenvalue weighted by molar-refractivity contribution is -0.120. The monoisotopic (exact) mass is 345 g/mol. The van der Waals surface area contributed by atoms with Gasteiger partial charge >= 0.3 is 0 Å². The van der Waals surface area contributed by atoms with Crippen LogP contribution >= 0.6 is 0 Å². The van der Waals surface area contributed by atoms with E-state index in [0.29, 0.717) is 5.92 Å². The normalized spacial score (nSPS) is 34.6. The predicted molar refractivity (Wildman–Crippen MR) is 98.9 cm³/mol. The first-order valence-corrected chi connectivity index (χ1v) is 9.44. The first kappa shape index (κ1) is 18.4. The van der Waals surface area contributed by atoms with Crippen LogP contribution in [0.1, 0.15) is 53.4 Å². The van der Waals surface area contributed by atoms with Gasteiger partial charge in [0.05, 0.1) is 12.2 Å². The molecule has 0 saturated carbocycles. The summed E-state index contributed by atoms with van der Waals surface area (Å²) in [6.07, 6.45) is 8.07. The summed E-state index contributed by atoms with van der Waals surface area (Å²) in [6, 6.07) is 0. The van der Waals surface area contributed by atoms with Crippen molar-refractivity contribution in [1.29, 1.82) is 0 Å². The highest BCUT2D eigenvalue weighted by Crippen LogP contribution is 2.46. The molecule has 0 spiro atoms. The van der Waals surface area contributed by atoms with Gasteiger partial charge < -0.3 is 14.8 Å². The van der Waals surface area contributed by atoms with Gasteiger partial charge in [-0.3, -0.25) is 4.79 Å². The Morgan fingerprint density at radius 3 is 2.92 bits per heavy atom. The summed E-state index contributed by atoms with van der Waals surface area (Å²) >= 11 is 0. The number of allylic oxidation sites excluding steroid dienone is 2. The molecule has 25 heavy (non-hydrogen) atoms. The number of carbonyl (C=O) groups is 1. The lowest BCUT2D eigenvalue weighted by atomic mass is 9.78. The van der Waals surface area contributed by atoms with Crippen LogP contribution in [0.25, 0.3) is 0 Å². The molecule has 1 amide bonds. The van der Waals surface area contributed by atoms with Crippen molar-refractivity contribution in [3.05, 3.63) is 34.4 Å². The first-order valence-electron chi connectivity index (χ1n) is 9.44. The van der Waals surface area contributed by atoms with Crippen LogP contribution < -0.4 is 5.32 Å². The predicted octanol–water partition coefficient (Wildman–Crippen LogP) is 3.89. The van der Waals surface area contributed by atoms with Crippen molar-refractivity contribution in [3.8, 4) is 0 Å². The van der Waals surface area contributed by atoms with E-state index >= 15 is 0 Å². The summed E-state index contributed by atoms with van der Waals surface area (Å²) in [5, 5.41) is 3.03. The van der Waals surface area contributed by atoms with Crippen LogP contribution in [-0.4, -0.2) is 31.5 Å². The molecule has 3 rings (SSSR count). The van der Waals surface area contributed by atoms with Gasteiger partial charge in [-0.25, -0.2) is 0 Å². The van der Waals surface area contributed by atoms with E-state index in [-0.39, 0.29) is 30.3 Å². The number of hydrogen-bond donors (Lipinski definition) is 1. The quantitative estimate of drug-likeness (QED) is 0.769. The summed E-state index contributed by atoms with van der Waals surface area (Å²) in [4.78, 5) is 12.6. The largest absolute Gasteiger partial charge is 0.376 e. The van der Waals surface area contributed by atoms with Crippen molar-refractivity contribution in [3.63, 3.8) is 0 Å². The summed E-state index contributed by atoms with van der Waals surface area (Å²) in [5.74, 6) is 0.732. The highest BCUT2D eigenvalue weighted by Gasteiger charge is 2.50. The van der Waals surface area contributed by atoms with E-state index in [4.69, 9.17) is 9.47 Å². The highest BCUT2D eigenvalue weighted by molar-refractivity contribution is 5.98. The van der Waals surface area contributed by atoms with Crippen LogP contribution in [0.4, 0.5) is 0 Å². The number of nitrogens with one attached hydrogen (secondary N) is 1. The number of methoxy groups -OCH3 is 1.